The van der Waals surface area contributed by atoms with Gasteiger partial charge < -0.3 is 0 Å². The highest BCUT2D eigenvalue weighted by Crippen LogP contribution is 1.91. The molecule has 5 heteroatoms. The van der Waals surface area contributed by atoms with Crippen LogP contribution in [0.2, 0.25) is 0 Å². The van der Waals surface area contributed by atoms with Crippen LogP contribution < -0.4 is 10.9 Å². The molecule has 5 nitrogen and oxygen atoms in total. The van der Waals surface area contributed by atoms with Gasteiger partial charge in [-0.1, -0.05) is 13.0 Å². The molecule has 0 radical (unpaired) electrons. The number of rotatable bonds is 3. The van der Waals surface area contributed by atoms with E-state index in [2.05, 4.69) is 15.8 Å². The first-order valence-corrected chi connectivity index (χ1v) is 4.74. The lowest BCUT2D eigenvalue weighted by Crippen LogP contribution is -2.41. The second kappa shape index (κ2) is 5.74. The fourth-order valence-electron chi connectivity index (χ4n) is 0.977. The van der Waals surface area contributed by atoms with Crippen LogP contribution >= 0.6 is 0 Å². The summed E-state index contributed by atoms with van der Waals surface area (Å²) in [5.41, 5.74) is 4.86. The van der Waals surface area contributed by atoms with Crippen molar-refractivity contribution in [3.05, 3.63) is 30.1 Å². The van der Waals surface area contributed by atoms with Gasteiger partial charge in [0.15, 0.2) is 0 Å². The van der Waals surface area contributed by atoms with Gasteiger partial charge in [0.05, 0.1) is 0 Å². The lowest BCUT2D eigenvalue weighted by Gasteiger charge is -2.05. The van der Waals surface area contributed by atoms with E-state index < -0.39 is 5.91 Å². The summed E-state index contributed by atoms with van der Waals surface area (Å²) in [6.07, 6.45) is 2.65. The molecule has 15 heavy (non-hydrogen) atoms. The van der Waals surface area contributed by atoms with Crippen LogP contribution in [-0.4, -0.2) is 16.8 Å². The highest BCUT2D eigenvalue weighted by Gasteiger charge is 2.06. The average molecular weight is 207 g/mol. The summed E-state index contributed by atoms with van der Waals surface area (Å²) in [6, 6.07) is 4.99. The van der Waals surface area contributed by atoms with Gasteiger partial charge in [0, 0.05) is 12.6 Å². The summed E-state index contributed by atoms with van der Waals surface area (Å²) >= 11 is 0. The highest BCUT2D eigenvalue weighted by atomic mass is 16.2. The third kappa shape index (κ3) is 3.76. The Kier molecular flexibility index (Phi) is 4.28. The zero-order valence-electron chi connectivity index (χ0n) is 8.49. The Morgan fingerprint density at radius 1 is 1.33 bits per heavy atom. The van der Waals surface area contributed by atoms with E-state index >= 15 is 0 Å². The van der Waals surface area contributed by atoms with Crippen molar-refractivity contribution in [2.45, 2.75) is 19.8 Å². The Labute approximate surface area is 87.9 Å². The Balaban J connectivity index is 2.40. The summed E-state index contributed by atoms with van der Waals surface area (Å²) < 4.78 is 0. The standard InChI is InChI=1S/C10H13N3O2/c1-2-5-9(14)12-13-10(15)8-6-3-4-7-11-8/h3-4,6-7H,2,5H2,1H3,(H,12,14)(H,13,15). The maximum Gasteiger partial charge on any atom is 0.288 e. The van der Waals surface area contributed by atoms with Crippen LogP contribution in [0.25, 0.3) is 0 Å². The molecule has 0 aromatic carbocycles. The van der Waals surface area contributed by atoms with E-state index in [1.54, 1.807) is 18.2 Å². The van der Waals surface area contributed by atoms with Crippen molar-refractivity contribution < 1.29 is 9.59 Å². The first-order chi connectivity index (χ1) is 7.24. The lowest BCUT2D eigenvalue weighted by molar-refractivity contribution is -0.121. The average Bonchev–Trinajstić information content (AvgIpc) is 2.27. The minimum absolute atomic E-state index is 0.207. The van der Waals surface area contributed by atoms with Gasteiger partial charge in [-0.3, -0.25) is 25.4 Å². The van der Waals surface area contributed by atoms with E-state index in [-0.39, 0.29) is 11.6 Å². The molecule has 0 aliphatic carbocycles. The Morgan fingerprint density at radius 3 is 2.73 bits per heavy atom. The molecule has 80 valence electrons. The summed E-state index contributed by atoms with van der Waals surface area (Å²) in [5.74, 6) is -0.623. The van der Waals surface area contributed by atoms with E-state index in [4.69, 9.17) is 0 Å². The molecule has 1 heterocycles. The predicted octanol–water partition coefficient (Wildman–Crippen LogP) is 0.643. The second-order valence-corrected chi connectivity index (χ2v) is 2.97. The number of amides is 2. The van der Waals surface area contributed by atoms with Gasteiger partial charge in [-0.2, -0.15) is 0 Å². The maximum atomic E-state index is 11.4. The maximum absolute atomic E-state index is 11.4. The van der Waals surface area contributed by atoms with Crippen molar-refractivity contribution in [1.82, 2.24) is 15.8 Å². The monoisotopic (exact) mass is 207 g/mol. The van der Waals surface area contributed by atoms with E-state index in [1.807, 2.05) is 6.92 Å². The number of pyridine rings is 1. The number of carbonyl (C=O) groups excluding carboxylic acids is 2. The summed E-state index contributed by atoms with van der Waals surface area (Å²) in [5, 5.41) is 0. The lowest BCUT2D eigenvalue weighted by atomic mass is 10.3. The number of carbonyl (C=O) groups is 2. The van der Waals surface area contributed by atoms with Crippen molar-refractivity contribution >= 4 is 11.8 Å². The van der Waals surface area contributed by atoms with E-state index in [9.17, 15) is 9.59 Å². The molecule has 2 N–H and O–H groups in total. The Bertz CT molecular complexity index is 338. The first-order valence-electron chi connectivity index (χ1n) is 4.74. The molecular formula is C10H13N3O2. The third-order valence-electron chi connectivity index (χ3n) is 1.69. The van der Waals surface area contributed by atoms with Crippen LogP contribution in [0.1, 0.15) is 30.3 Å². The van der Waals surface area contributed by atoms with Crippen LogP contribution in [0.5, 0.6) is 0 Å². The largest absolute Gasteiger partial charge is 0.288 e. The van der Waals surface area contributed by atoms with Gasteiger partial charge in [-0.05, 0) is 18.6 Å². The molecular weight excluding hydrogens is 194 g/mol. The van der Waals surface area contributed by atoms with Crippen LogP contribution in [0.15, 0.2) is 24.4 Å². The van der Waals surface area contributed by atoms with Crippen LogP contribution in [0.4, 0.5) is 0 Å². The molecule has 0 saturated heterocycles. The highest BCUT2D eigenvalue weighted by molar-refractivity contribution is 5.93. The number of aromatic nitrogens is 1. The summed E-state index contributed by atoms with van der Waals surface area (Å²) in [4.78, 5) is 26.2. The molecule has 0 aliphatic heterocycles. The number of nitrogens with zero attached hydrogens (tertiary/aromatic N) is 1. The van der Waals surface area contributed by atoms with Crippen LogP contribution in [0, 0.1) is 0 Å². The van der Waals surface area contributed by atoms with E-state index in [0.29, 0.717) is 6.42 Å². The Hall–Kier alpha value is -1.91. The third-order valence-corrected chi connectivity index (χ3v) is 1.69. The molecule has 0 aliphatic rings. The quantitative estimate of drug-likeness (QED) is 0.714. The van der Waals surface area contributed by atoms with E-state index in [1.165, 1.54) is 6.20 Å². The van der Waals surface area contributed by atoms with Crippen molar-refractivity contribution in [2.75, 3.05) is 0 Å². The summed E-state index contributed by atoms with van der Waals surface area (Å²) in [6.45, 7) is 1.89. The molecule has 0 atom stereocenters. The molecule has 2 amide bonds. The van der Waals surface area contributed by atoms with Crippen molar-refractivity contribution in [2.24, 2.45) is 0 Å². The van der Waals surface area contributed by atoms with Crippen molar-refractivity contribution in [3.8, 4) is 0 Å². The number of hydrogen-bond acceptors (Lipinski definition) is 3. The van der Waals surface area contributed by atoms with Gasteiger partial charge in [0.25, 0.3) is 5.91 Å². The molecule has 0 spiro atoms. The smallest absolute Gasteiger partial charge is 0.273 e. The van der Waals surface area contributed by atoms with Crippen LogP contribution in [0.3, 0.4) is 0 Å². The second-order valence-electron chi connectivity index (χ2n) is 2.97. The van der Waals surface area contributed by atoms with Gasteiger partial charge in [-0.25, -0.2) is 0 Å². The zero-order chi connectivity index (χ0) is 11.1. The Morgan fingerprint density at radius 2 is 2.13 bits per heavy atom. The van der Waals surface area contributed by atoms with Crippen molar-refractivity contribution in [1.29, 1.82) is 0 Å². The first kappa shape index (κ1) is 11.2. The molecule has 0 bridgehead atoms. The van der Waals surface area contributed by atoms with E-state index in [0.717, 1.165) is 6.42 Å². The van der Waals surface area contributed by atoms with Crippen LogP contribution in [-0.2, 0) is 4.79 Å². The molecule has 1 aromatic heterocycles. The molecule has 0 fully saturated rings. The van der Waals surface area contributed by atoms with Gasteiger partial charge in [0.2, 0.25) is 5.91 Å². The molecule has 1 rings (SSSR count). The SMILES string of the molecule is CCCC(=O)NNC(=O)c1ccccn1. The fraction of sp³-hybridized carbons (Fsp3) is 0.300. The molecule has 1 aromatic rings. The van der Waals surface area contributed by atoms with Gasteiger partial charge in [0.1, 0.15) is 5.69 Å². The fourth-order valence-corrected chi connectivity index (χ4v) is 0.977. The van der Waals surface area contributed by atoms with Gasteiger partial charge in [-0.15, -0.1) is 0 Å². The number of hydrogen-bond donors (Lipinski definition) is 2. The zero-order valence-corrected chi connectivity index (χ0v) is 8.49. The molecule has 0 saturated carbocycles. The normalized spacial score (nSPS) is 9.40. The number of hydrazine groups is 1. The topological polar surface area (TPSA) is 71.1 Å². The van der Waals surface area contributed by atoms with Gasteiger partial charge >= 0.3 is 0 Å². The van der Waals surface area contributed by atoms with Crippen molar-refractivity contribution in [3.63, 3.8) is 0 Å². The minimum Gasteiger partial charge on any atom is -0.273 e. The predicted molar refractivity (Wildman–Crippen MR) is 54.8 cm³/mol. The number of nitrogens with one attached hydrogen (secondary N) is 2. The summed E-state index contributed by atoms with van der Waals surface area (Å²) in [7, 11) is 0. The molecule has 0 unspecified atom stereocenters. The minimum atomic E-state index is -0.417.